The van der Waals surface area contributed by atoms with Crippen LogP contribution < -0.4 is 26.1 Å². The van der Waals surface area contributed by atoms with Crippen molar-refractivity contribution in [2.24, 2.45) is 5.10 Å². The van der Waals surface area contributed by atoms with Crippen LogP contribution in [-0.2, 0) is 6.42 Å². The summed E-state index contributed by atoms with van der Waals surface area (Å²) < 4.78 is 11.2. The van der Waals surface area contributed by atoms with Gasteiger partial charge in [0, 0.05) is 18.4 Å². The van der Waals surface area contributed by atoms with E-state index < -0.39 is 5.79 Å². The number of amides is 2. The highest BCUT2D eigenvalue weighted by Crippen LogP contribution is 2.36. The zero-order chi connectivity index (χ0) is 23.7. The number of urea groups is 1. The third-order valence-electron chi connectivity index (χ3n) is 6.12. The first kappa shape index (κ1) is 22.7. The van der Waals surface area contributed by atoms with Gasteiger partial charge in [-0.25, -0.2) is 9.69 Å². The molecule has 4 N–H and O–H groups in total. The number of aromatic nitrogens is 2. The van der Waals surface area contributed by atoms with Gasteiger partial charge < -0.3 is 14.6 Å². The van der Waals surface area contributed by atoms with Crippen molar-refractivity contribution in [3.63, 3.8) is 0 Å². The number of rotatable bonds is 9. The smallest absolute Gasteiger partial charge is 0.331 e. The van der Waals surface area contributed by atoms with Crippen LogP contribution in [0.1, 0.15) is 44.9 Å². The second-order valence-electron chi connectivity index (χ2n) is 8.39. The number of aryl methyl sites for hydroxylation is 1. The molecule has 34 heavy (non-hydrogen) atoms. The van der Waals surface area contributed by atoms with Crippen molar-refractivity contribution in [1.29, 1.82) is 0 Å². The Morgan fingerprint density at radius 1 is 1.24 bits per heavy atom. The molecule has 1 fully saturated rings. The molecule has 12 heteroatoms. The van der Waals surface area contributed by atoms with Gasteiger partial charge in [0.1, 0.15) is 21.9 Å². The quantitative estimate of drug-likeness (QED) is 0.287. The van der Waals surface area contributed by atoms with Gasteiger partial charge in [0.2, 0.25) is 5.79 Å². The van der Waals surface area contributed by atoms with E-state index in [-0.39, 0.29) is 12.2 Å². The molecular weight excluding hydrogens is 504 g/mol. The van der Waals surface area contributed by atoms with Crippen molar-refractivity contribution >= 4 is 27.8 Å². The molecule has 2 unspecified atom stereocenters. The van der Waals surface area contributed by atoms with E-state index in [9.17, 15) is 4.79 Å². The van der Waals surface area contributed by atoms with Crippen molar-refractivity contribution in [1.82, 2.24) is 36.4 Å². The first-order chi connectivity index (χ1) is 16.5. The predicted molar refractivity (Wildman–Crippen MR) is 128 cm³/mol. The maximum atomic E-state index is 13.0. The average molecular weight is 531 g/mol. The van der Waals surface area contributed by atoms with Crippen LogP contribution in [0.5, 0.6) is 5.75 Å². The minimum Gasteiger partial charge on any atom is -0.497 e. The van der Waals surface area contributed by atoms with Gasteiger partial charge in [-0.2, -0.15) is 10.1 Å². The van der Waals surface area contributed by atoms with Crippen LogP contribution in [0.4, 0.5) is 4.79 Å². The maximum absolute atomic E-state index is 13.0. The van der Waals surface area contributed by atoms with E-state index in [1.807, 2.05) is 24.3 Å². The van der Waals surface area contributed by atoms with E-state index >= 15 is 0 Å². The van der Waals surface area contributed by atoms with Crippen LogP contribution in [0, 0.1) is 0 Å². The molecule has 180 valence electrons. The molecule has 0 bridgehead atoms. The maximum Gasteiger partial charge on any atom is 0.331 e. The molecule has 1 aromatic carbocycles. The fourth-order valence-corrected chi connectivity index (χ4v) is 4.96. The topological polar surface area (TPSA) is 129 Å². The number of hydrogen-bond acceptors (Lipinski definition) is 9. The number of benzene rings is 1. The monoisotopic (exact) mass is 530 g/mol. The number of ether oxygens (including phenoxy) is 1. The standard InChI is InChI=1S/C22H27BrN8O3/c1-3-4-5-6-15-24-18-19(23)26-21(32)31-17(28-30-22(18,31)27-15)12-11-16-25-20(34-29-16)13-7-9-14(33-2)10-8-13/h7-10,15,24,27,30H,3-6,11-12H2,1-2H3,(H,26,32). The zero-order valence-corrected chi connectivity index (χ0v) is 20.6. The highest BCUT2D eigenvalue weighted by molar-refractivity contribution is 9.11. The van der Waals surface area contributed by atoms with E-state index in [1.54, 1.807) is 12.0 Å². The van der Waals surface area contributed by atoms with Gasteiger partial charge in [-0.1, -0.05) is 31.3 Å². The van der Waals surface area contributed by atoms with Crippen LogP contribution in [0.25, 0.3) is 11.5 Å². The molecule has 0 saturated carbocycles. The summed E-state index contributed by atoms with van der Waals surface area (Å²) in [5.41, 5.74) is 4.78. The SMILES string of the molecule is CCCCCC1NC2=C(Br)NC(=O)N3C(CCc4noc(-c5ccc(OC)cc5)n4)=NNC23N1. The minimum atomic E-state index is -0.932. The lowest BCUT2D eigenvalue weighted by Crippen LogP contribution is -2.68. The Balaban J connectivity index is 1.27. The number of carbonyl (C=O) groups excluding carboxylic acids is 1. The molecule has 4 heterocycles. The average Bonchev–Trinajstić information content (AvgIpc) is 3.55. The summed E-state index contributed by atoms with van der Waals surface area (Å²) in [5.74, 6) is 1.39. The second-order valence-corrected chi connectivity index (χ2v) is 9.18. The number of hydrogen-bond donors (Lipinski definition) is 4. The van der Waals surface area contributed by atoms with E-state index in [4.69, 9.17) is 9.26 Å². The Hall–Kier alpha value is -3.12. The first-order valence-electron chi connectivity index (χ1n) is 11.4. The van der Waals surface area contributed by atoms with Gasteiger partial charge in [-0.15, -0.1) is 0 Å². The normalized spacial score (nSPS) is 23.1. The molecule has 1 spiro atoms. The molecule has 3 aliphatic rings. The molecule has 2 aromatic rings. The Labute approximate surface area is 205 Å². The number of nitrogens with one attached hydrogen (secondary N) is 4. The second kappa shape index (κ2) is 9.26. The minimum absolute atomic E-state index is 0.0237. The number of nitrogens with zero attached hydrogens (tertiary/aromatic N) is 4. The summed E-state index contributed by atoms with van der Waals surface area (Å²) in [4.78, 5) is 19.1. The van der Waals surface area contributed by atoms with Gasteiger partial charge in [0.15, 0.2) is 5.82 Å². The molecule has 1 aromatic heterocycles. The van der Waals surface area contributed by atoms with Gasteiger partial charge in [-0.3, -0.25) is 16.1 Å². The third-order valence-corrected chi connectivity index (χ3v) is 6.71. The molecule has 0 aliphatic carbocycles. The molecule has 1 saturated heterocycles. The van der Waals surface area contributed by atoms with Crippen molar-refractivity contribution in [3.05, 3.63) is 40.4 Å². The van der Waals surface area contributed by atoms with Gasteiger partial charge in [-0.05, 0) is 46.6 Å². The number of hydrazone groups is 1. The molecule has 2 amide bonds. The van der Waals surface area contributed by atoms with E-state index in [0.717, 1.165) is 42.7 Å². The molecule has 5 rings (SSSR count). The van der Waals surface area contributed by atoms with Gasteiger partial charge >= 0.3 is 6.03 Å². The number of halogens is 1. The predicted octanol–water partition coefficient (Wildman–Crippen LogP) is 2.94. The highest BCUT2D eigenvalue weighted by Gasteiger charge is 2.58. The van der Waals surface area contributed by atoms with Crippen molar-refractivity contribution < 1.29 is 14.1 Å². The van der Waals surface area contributed by atoms with Crippen LogP contribution in [0.2, 0.25) is 0 Å². The fourth-order valence-electron chi connectivity index (χ4n) is 4.39. The summed E-state index contributed by atoms with van der Waals surface area (Å²) in [5, 5.41) is 18.5. The fraction of sp³-hybridized carbons (Fsp3) is 0.455. The lowest BCUT2D eigenvalue weighted by Gasteiger charge is -2.38. The summed E-state index contributed by atoms with van der Waals surface area (Å²) in [6, 6.07) is 7.14. The van der Waals surface area contributed by atoms with E-state index in [0.29, 0.717) is 35.0 Å². The van der Waals surface area contributed by atoms with Gasteiger partial charge in [0.25, 0.3) is 5.89 Å². The number of unbranched alkanes of at least 4 members (excludes halogenated alkanes) is 2. The molecule has 2 atom stereocenters. The third kappa shape index (κ3) is 4.00. The Morgan fingerprint density at radius 2 is 2.06 bits per heavy atom. The van der Waals surface area contributed by atoms with Gasteiger partial charge in [0.05, 0.1) is 13.3 Å². The molecular formula is C22H27BrN8O3. The number of methoxy groups -OCH3 is 1. The zero-order valence-electron chi connectivity index (χ0n) is 19.0. The van der Waals surface area contributed by atoms with Crippen LogP contribution >= 0.6 is 15.9 Å². The molecule has 11 nitrogen and oxygen atoms in total. The van der Waals surface area contributed by atoms with E-state index in [1.165, 1.54) is 0 Å². The largest absolute Gasteiger partial charge is 0.497 e. The van der Waals surface area contributed by atoms with Crippen molar-refractivity contribution in [3.8, 4) is 17.2 Å². The Bertz CT molecular complexity index is 1130. The van der Waals surface area contributed by atoms with Crippen molar-refractivity contribution in [2.45, 2.75) is 57.4 Å². The Kier molecular flexibility index (Phi) is 6.17. The molecule has 0 radical (unpaired) electrons. The lowest BCUT2D eigenvalue weighted by molar-refractivity contribution is 0.154. The number of carbonyl (C=O) groups is 1. The first-order valence-corrected chi connectivity index (χ1v) is 12.2. The van der Waals surface area contributed by atoms with Crippen LogP contribution in [-0.4, -0.2) is 46.0 Å². The lowest BCUT2D eigenvalue weighted by atomic mass is 10.1. The summed E-state index contributed by atoms with van der Waals surface area (Å²) in [7, 11) is 1.62. The summed E-state index contributed by atoms with van der Waals surface area (Å²) in [6.45, 7) is 2.18. The molecule has 3 aliphatic heterocycles. The highest BCUT2D eigenvalue weighted by atomic mass is 79.9. The summed E-state index contributed by atoms with van der Waals surface area (Å²) in [6.07, 6.45) is 5.28. The van der Waals surface area contributed by atoms with Crippen LogP contribution in [0.15, 0.2) is 44.2 Å². The van der Waals surface area contributed by atoms with Crippen LogP contribution in [0.3, 0.4) is 0 Å². The van der Waals surface area contributed by atoms with E-state index in [2.05, 4.69) is 59.5 Å². The summed E-state index contributed by atoms with van der Waals surface area (Å²) >= 11 is 3.49. The number of amidine groups is 1. The Morgan fingerprint density at radius 3 is 2.82 bits per heavy atom. The van der Waals surface area contributed by atoms with Crippen molar-refractivity contribution in [2.75, 3.05) is 7.11 Å².